The van der Waals surface area contributed by atoms with Gasteiger partial charge in [-0.15, -0.1) is 0 Å². The molecule has 154 valence electrons. The number of nitrogens with one attached hydrogen (secondary N) is 1. The molecule has 29 heavy (non-hydrogen) atoms. The number of fused-ring (bicyclic) bond motifs is 1. The zero-order valence-corrected chi connectivity index (χ0v) is 16.8. The first-order valence-corrected chi connectivity index (χ1v) is 10.7. The quantitative estimate of drug-likeness (QED) is 0.717. The highest BCUT2D eigenvalue weighted by Gasteiger charge is 2.25. The molecule has 0 unspecified atom stereocenters. The van der Waals surface area contributed by atoms with Crippen molar-refractivity contribution < 1.29 is 32.2 Å². The van der Waals surface area contributed by atoms with Crippen molar-refractivity contribution in [2.75, 3.05) is 24.3 Å². The monoisotopic (exact) mass is 419 g/mol. The Bertz CT molecular complexity index is 1030. The lowest BCUT2D eigenvalue weighted by Crippen LogP contribution is -2.30. The molecule has 0 saturated heterocycles. The van der Waals surface area contributed by atoms with E-state index in [2.05, 4.69) is 5.32 Å². The number of esters is 1. The van der Waals surface area contributed by atoms with Gasteiger partial charge in [0.15, 0.2) is 27.4 Å². The normalized spacial score (nSPS) is 14.0. The predicted molar refractivity (Wildman–Crippen MR) is 105 cm³/mol. The van der Waals surface area contributed by atoms with Crippen LogP contribution in [0.4, 0.5) is 5.69 Å². The van der Waals surface area contributed by atoms with Crippen molar-refractivity contribution in [3.63, 3.8) is 0 Å². The number of carbonyl (C=O) groups is 2. The average Bonchev–Trinajstić information content (AvgIpc) is 2.73. The molecule has 0 spiro atoms. The van der Waals surface area contributed by atoms with Crippen LogP contribution in [-0.4, -0.2) is 45.4 Å². The Labute approximate surface area is 168 Å². The molecule has 1 atom stereocenters. The van der Waals surface area contributed by atoms with Crippen LogP contribution in [0.25, 0.3) is 0 Å². The predicted octanol–water partition coefficient (Wildman–Crippen LogP) is 2.44. The van der Waals surface area contributed by atoms with Crippen LogP contribution >= 0.6 is 0 Å². The van der Waals surface area contributed by atoms with Crippen LogP contribution in [0, 0.1) is 0 Å². The summed E-state index contributed by atoms with van der Waals surface area (Å²) < 4.78 is 40.5. The van der Waals surface area contributed by atoms with E-state index in [4.69, 9.17) is 14.2 Å². The average molecular weight is 419 g/mol. The molecule has 8 nitrogen and oxygen atoms in total. The SMILES string of the molecule is CCS(=O)(=O)c1ccccc1C(=O)O[C@@H](C)C(=O)Nc1ccc2c(c1)OCCO2. The highest BCUT2D eigenvalue weighted by Crippen LogP contribution is 2.32. The summed E-state index contributed by atoms with van der Waals surface area (Å²) in [5.41, 5.74) is 0.351. The van der Waals surface area contributed by atoms with E-state index in [-0.39, 0.29) is 16.2 Å². The Morgan fingerprint density at radius 3 is 2.52 bits per heavy atom. The lowest BCUT2D eigenvalue weighted by molar-refractivity contribution is -0.123. The molecule has 0 saturated carbocycles. The number of hydrogen-bond acceptors (Lipinski definition) is 7. The van der Waals surface area contributed by atoms with Crippen LogP contribution in [-0.2, 0) is 19.4 Å². The summed E-state index contributed by atoms with van der Waals surface area (Å²) in [4.78, 5) is 24.8. The summed E-state index contributed by atoms with van der Waals surface area (Å²) in [7, 11) is -3.61. The second-order valence-electron chi connectivity index (χ2n) is 6.29. The lowest BCUT2D eigenvalue weighted by atomic mass is 10.2. The number of anilines is 1. The molecule has 1 aliphatic heterocycles. The van der Waals surface area contributed by atoms with Crippen molar-refractivity contribution >= 4 is 27.4 Å². The third-order valence-corrected chi connectivity index (χ3v) is 6.07. The standard InChI is InChI=1S/C20H21NO7S/c1-3-29(24,25)18-7-5-4-6-15(18)20(23)28-13(2)19(22)21-14-8-9-16-17(12-14)27-11-10-26-16/h4-9,12-13H,3,10-11H2,1-2H3,(H,21,22)/t13-/m0/s1. The van der Waals surface area contributed by atoms with Gasteiger partial charge < -0.3 is 19.5 Å². The van der Waals surface area contributed by atoms with E-state index in [1.54, 1.807) is 18.2 Å². The van der Waals surface area contributed by atoms with Crippen LogP contribution < -0.4 is 14.8 Å². The molecule has 2 aromatic carbocycles. The Morgan fingerprint density at radius 2 is 1.79 bits per heavy atom. The molecule has 0 bridgehead atoms. The molecule has 0 radical (unpaired) electrons. The van der Waals surface area contributed by atoms with Gasteiger partial charge in [-0.05, 0) is 31.2 Å². The van der Waals surface area contributed by atoms with E-state index in [0.717, 1.165) is 0 Å². The topological polar surface area (TPSA) is 108 Å². The molecule has 0 fully saturated rings. The van der Waals surface area contributed by atoms with Crippen molar-refractivity contribution in [3.8, 4) is 11.5 Å². The summed E-state index contributed by atoms with van der Waals surface area (Å²) in [6.07, 6.45) is -1.15. The highest BCUT2D eigenvalue weighted by molar-refractivity contribution is 7.91. The molecule has 2 aromatic rings. The van der Waals surface area contributed by atoms with Gasteiger partial charge in [0.2, 0.25) is 0 Å². The third-order valence-electron chi connectivity index (χ3n) is 4.28. The fourth-order valence-corrected chi connectivity index (χ4v) is 3.79. The van der Waals surface area contributed by atoms with Crippen molar-refractivity contribution in [2.45, 2.75) is 24.8 Å². The minimum atomic E-state index is -3.61. The Morgan fingerprint density at radius 1 is 1.10 bits per heavy atom. The smallest absolute Gasteiger partial charge is 0.340 e. The number of rotatable bonds is 6. The Kier molecular flexibility index (Phi) is 6.07. The summed E-state index contributed by atoms with van der Waals surface area (Å²) in [5, 5.41) is 2.63. The zero-order valence-electron chi connectivity index (χ0n) is 16.0. The fourth-order valence-electron chi connectivity index (χ4n) is 2.70. The van der Waals surface area contributed by atoms with Gasteiger partial charge in [0.05, 0.1) is 16.2 Å². The lowest BCUT2D eigenvalue weighted by Gasteiger charge is -2.19. The van der Waals surface area contributed by atoms with E-state index >= 15 is 0 Å². The number of amides is 1. The van der Waals surface area contributed by atoms with E-state index in [9.17, 15) is 18.0 Å². The van der Waals surface area contributed by atoms with Gasteiger partial charge >= 0.3 is 5.97 Å². The van der Waals surface area contributed by atoms with Gasteiger partial charge in [-0.25, -0.2) is 13.2 Å². The van der Waals surface area contributed by atoms with Gasteiger partial charge in [-0.3, -0.25) is 4.79 Å². The largest absolute Gasteiger partial charge is 0.486 e. The van der Waals surface area contributed by atoms with Crippen LogP contribution in [0.3, 0.4) is 0 Å². The second kappa shape index (κ2) is 8.52. The fraction of sp³-hybridized carbons (Fsp3) is 0.300. The van der Waals surface area contributed by atoms with Crippen molar-refractivity contribution in [2.24, 2.45) is 0 Å². The van der Waals surface area contributed by atoms with Gasteiger partial charge in [0, 0.05) is 11.8 Å². The third kappa shape index (κ3) is 4.68. The van der Waals surface area contributed by atoms with Crippen molar-refractivity contribution in [1.82, 2.24) is 0 Å². The summed E-state index contributed by atoms with van der Waals surface area (Å²) in [5.74, 6) is -0.509. The Balaban J connectivity index is 1.70. The maximum atomic E-state index is 12.5. The molecule has 0 aliphatic carbocycles. The number of hydrogen-bond donors (Lipinski definition) is 1. The highest BCUT2D eigenvalue weighted by atomic mass is 32.2. The van der Waals surface area contributed by atoms with E-state index in [1.807, 2.05) is 0 Å². The summed E-state index contributed by atoms with van der Waals surface area (Å²) >= 11 is 0. The molecule has 1 N–H and O–H groups in total. The molecule has 1 aliphatic rings. The molecule has 1 amide bonds. The maximum Gasteiger partial charge on any atom is 0.340 e. The van der Waals surface area contributed by atoms with Crippen LogP contribution in [0.15, 0.2) is 47.4 Å². The molecule has 3 rings (SSSR count). The number of sulfone groups is 1. The van der Waals surface area contributed by atoms with Gasteiger partial charge in [0.1, 0.15) is 13.2 Å². The van der Waals surface area contributed by atoms with Crippen molar-refractivity contribution in [3.05, 3.63) is 48.0 Å². The van der Waals surface area contributed by atoms with Crippen LogP contribution in [0.1, 0.15) is 24.2 Å². The minimum Gasteiger partial charge on any atom is -0.486 e. The van der Waals surface area contributed by atoms with E-state index < -0.39 is 27.8 Å². The first-order valence-electron chi connectivity index (χ1n) is 9.05. The first-order chi connectivity index (χ1) is 13.8. The van der Waals surface area contributed by atoms with Crippen LogP contribution in [0.5, 0.6) is 11.5 Å². The van der Waals surface area contributed by atoms with Gasteiger partial charge in [-0.1, -0.05) is 19.1 Å². The zero-order chi connectivity index (χ0) is 21.0. The molecule has 1 heterocycles. The van der Waals surface area contributed by atoms with E-state index in [0.29, 0.717) is 30.4 Å². The molecule has 9 heteroatoms. The van der Waals surface area contributed by atoms with Crippen molar-refractivity contribution in [1.29, 1.82) is 0 Å². The number of benzene rings is 2. The minimum absolute atomic E-state index is 0.103. The van der Waals surface area contributed by atoms with Gasteiger partial charge in [0.25, 0.3) is 5.91 Å². The van der Waals surface area contributed by atoms with Crippen LogP contribution in [0.2, 0.25) is 0 Å². The summed E-state index contributed by atoms with van der Waals surface area (Å²) in [6, 6.07) is 10.7. The summed E-state index contributed by atoms with van der Waals surface area (Å²) in [6.45, 7) is 3.77. The first kappa shape index (κ1) is 20.7. The molecule has 0 aromatic heterocycles. The van der Waals surface area contributed by atoms with E-state index in [1.165, 1.54) is 38.1 Å². The number of ether oxygens (including phenoxy) is 3. The second-order valence-corrected chi connectivity index (χ2v) is 8.54. The molecular weight excluding hydrogens is 398 g/mol. The Hall–Kier alpha value is -3.07. The van der Waals surface area contributed by atoms with Gasteiger partial charge in [-0.2, -0.15) is 0 Å². The number of carbonyl (C=O) groups excluding carboxylic acids is 2. The molecular formula is C20H21NO7S. The maximum absolute atomic E-state index is 12.5.